The highest BCUT2D eigenvalue weighted by molar-refractivity contribution is 7.89. The van der Waals surface area contributed by atoms with E-state index in [-0.39, 0.29) is 10.8 Å². The van der Waals surface area contributed by atoms with E-state index in [1.807, 2.05) is 63.2 Å². The van der Waals surface area contributed by atoms with Crippen LogP contribution >= 0.6 is 11.3 Å². The minimum atomic E-state index is -3.61. The molecular formula is C28H31N3O3S2. The van der Waals surface area contributed by atoms with E-state index >= 15 is 0 Å². The number of nitrogens with zero attached hydrogens (tertiary/aromatic N) is 3. The van der Waals surface area contributed by atoms with Gasteiger partial charge in [-0.25, -0.2) is 13.4 Å². The molecule has 0 saturated carbocycles. The predicted octanol–water partition coefficient (Wildman–Crippen LogP) is 6.26. The second-order valence-corrected chi connectivity index (χ2v) is 11.7. The van der Waals surface area contributed by atoms with Crippen LogP contribution in [0.3, 0.4) is 0 Å². The highest BCUT2D eigenvalue weighted by atomic mass is 32.2. The highest BCUT2D eigenvalue weighted by Crippen LogP contribution is 2.31. The molecule has 0 aliphatic carbocycles. The van der Waals surface area contributed by atoms with Crippen molar-refractivity contribution in [1.82, 2.24) is 9.29 Å². The summed E-state index contributed by atoms with van der Waals surface area (Å²) in [5, 5.41) is 0.609. The van der Waals surface area contributed by atoms with Crippen LogP contribution in [-0.2, 0) is 16.6 Å². The lowest BCUT2D eigenvalue weighted by Gasteiger charge is -2.22. The molecule has 4 aromatic rings. The van der Waals surface area contributed by atoms with Crippen LogP contribution in [0.15, 0.2) is 77.7 Å². The van der Waals surface area contributed by atoms with E-state index in [9.17, 15) is 13.2 Å². The van der Waals surface area contributed by atoms with Gasteiger partial charge in [0.15, 0.2) is 5.13 Å². The smallest absolute Gasteiger partial charge is 0.260 e. The molecule has 8 heteroatoms. The first-order valence-electron chi connectivity index (χ1n) is 12.2. The fourth-order valence-electron chi connectivity index (χ4n) is 4.05. The number of aromatic nitrogens is 1. The fourth-order valence-corrected chi connectivity index (χ4v) is 6.74. The first-order valence-corrected chi connectivity index (χ1v) is 14.4. The maximum absolute atomic E-state index is 13.7. The summed E-state index contributed by atoms with van der Waals surface area (Å²) in [6.07, 6.45) is 1.48. The summed E-state index contributed by atoms with van der Waals surface area (Å²) in [5.41, 5.74) is 3.38. The molecule has 3 aromatic carbocycles. The van der Waals surface area contributed by atoms with Gasteiger partial charge >= 0.3 is 0 Å². The Morgan fingerprint density at radius 2 is 1.58 bits per heavy atom. The number of anilines is 1. The Kier molecular flexibility index (Phi) is 8.18. The summed E-state index contributed by atoms with van der Waals surface area (Å²) < 4.78 is 28.8. The lowest BCUT2D eigenvalue weighted by Crippen LogP contribution is -2.33. The largest absolute Gasteiger partial charge is 0.279 e. The Labute approximate surface area is 217 Å². The van der Waals surface area contributed by atoms with E-state index < -0.39 is 10.0 Å². The van der Waals surface area contributed by atoms with Gasteiger partial charge in [-0.15, -0.1) is 0 Å². The molecule has 0 fully saturated rings. The maximum Gasteiger partial charge on any atom is 0.260 e. The standard InChI is InChI=1S/C28H31N3O3S2/c1-4-17-30(18-5-2)36(33,34)24-14-12-23(13-15-24)27(32)31(20-22-9-7-6-8-10-22)28-29-25-16-11-21(3)19-26(25)35-28/h6-16,19H,4-5,17-18,20H2,1-3H3. The van der Waals surface area contributed by atoms with Crippen molar-refractivity contribution in [2.24, 2.45) is 0 Å². The molecule has 0 N–H and O–H groups in total. The van der Waals surface area contributed by atoms with E-state index in [0.29, 0.717) is 30.3 Å². The van der Waals surface area contributed by atoms with Gasteiger partial charge < -0.3 is 0 Å². The second kappa shape index (κ2) is 11.3. The summed E-state index contributed by atoms with van der Waals surface area (Å²) in [7, 11) is -3.61. The van der Waals surface area contributed by atoms with E-state index in [0.717, 1.165) is 34.2 Å². The molecule has 188 valence electrons. The molecule has 0 saturated heterocycles. The van der Waals surface area contributed by atoms with E-state index in [1.54, 1.807) is 17.0 Å². The van der Waals surface area contributed by atoms with Crippen LogP contribution in [0.5, 0.6) is 0 Å². The van der Waals surface area contributed by atoms with Crippen molar-refractivity contribution < 1.29 is 13.2 Å². The predicted molar refractivity (Wildman–Crippen MR) is 147 cm³/mol. The van der Waals surface area contributed by atoms with Gasteiger partial charge in [0.2, 0.25) is 10.0 Å². The summed E-state index contributed by atoms with van der Waals surface area (Å²) in [5.74, 6) is -0.224. The number of rotatable bonds is 10. The van der Waals surface area contributed by atoms with Crippen molar-refractivity contribution in [1.29, 1.82) is 0 Å². The number of sulfonamides is 1. The number of amides is 1. The lowest BCUT2D eigenvalue weighted by atomic mass is 10.1. The minimum absolute atomic E-state index is 0.200. The van der Waals surface area contributed by atoms with Crippen LogP contribution < -0.4 is 4.90 Å². The molecule has 0 radical (unpaired) electrons. The zero-order valence-electron chi connectivity index (χ0n) is 20.8. The lowest BCUT2D eigenvalue weighted by molar-refractivity contribution is 0.0985. The Bertz CT molecular complexity index is 1430. The number of benzene rings is 3. The Morgan fingerprint density at radius 3 is 2.22 bits per heavy atom. The molecule has 36 heavy (non-hydrogen) atoms. The first kappa shape index (κ1) is 26.0. The Hall–Kier alpha value is -3.07. The van der Waals surface area contributed by atoms with Crippen molar-refractivity contribution in [3.05, 3.63) is 89.5 Å². The normalized spacial score (nSPS) is 11.8. The van der Waals surface area contributed by atoms with Gasteiger partial charge in [0.1, 0.15) is 0 Å². The monoisotopic (exact) mass is 521 g/mol. The number of aryl methyl sites for hydroxylation is 1. The molecule has 0 aliphatic heterocycles. The van der Waals surface area contributed by atoms with Gasteiger partial charge in [-0.2, -0.15) is 4.31 Å². The van der Waals surface area contributed by atoms with Crippen LogP contribution in [0.4, 0.5) is 5.13 Å². The molecule has 0 aliphatic rings. The molecule has 0 bridgehead atoms. The second-order valence-electron chi connectivity index (χ2n) is 8.77. The van der Waals surface area contributed by atoms with Crippen molar-refractivity contribution >= 4 is 42.6 Å². The van der Waals surface area contributed by atoms with Crippen molar-refractivity contribution in [2.75, 3.05) is 18.0 Å². The number of thiazole rings is 1. The number of carbonyl (C=O) groups is 1. The minimum Gasteiger partial charge on any atom is -0.279 e. The Morgan fingerprint density at radius 1 is 0.917 bits per heavy atom. The zero-order chi connectivity index (χ0) is 25.7. The van der Waals surface area contributed by atoms with Crippen molar-refractivity contribution in [2.45, 2.75) is 45.1 Å². The number of carbonyl (C=O) groups excluding carboxylic acids is 1. The van der Waals surface area contributed by atoms with E-state index in [2.05, 4.69) is 6.07 Å². The van der Waals surface area contributed by atoms with Crippen LogP contribution in [0.2, 0.25) is 0 Å². The van der Waals surface area contributed by atoms with Crippen LogP contribution in [0, 0.1) is 6.92 Å². The topological polar surface area (TPSA) is 70.6 Å². The molecular weight excluding hydrogens is 490 g/mol. The van der Waals surface area contributed by atoms with Gasteiger partial charge in [0.25, 0.3) is 5.91 Å². The van der Waals surface area contributed by atoms with Gasteiger partial charge in [0.05, 0.1) is 21.7 Å². The average Bonchev–Trinajstić information content (AvgIpc) is 3.30. The number of hydrogen-bond acceptors (Lipinski definition) is 5. The Balaban J connectivity index is 1.67. The van der Waals surface area contributed by atoms with Gasteiger partial charge in [-0.05, 0) is 67.3 Å². The molecule has 1 aromatic heterocycles. The fraction of sp³-hybridized carbons (Fsp3) is 0.286. The molecule has 1 amide bonds. The number of hydrogen-bond donors (Lipinski definition) is 0. The van der Waals surface area contributed by atoms with E-state index in [1.165, 1.54) is 27.8 Å². The molecule has 0 atom stereocenters. The highest BCUT2D eigenvalue weighted by Gasteiger charge is 2.25. The summed E-state index contributed by atoms with van der Waals surface area (Å²) in [6, 6.07) is 22.1. The molecule has 0 spiro atoms. The third kappa shape index (κ3) is 5.67. The van der Waals surface area contributed by atoms with Crippen molar-refractivity contribution in [3.8, 4) is 0 Å². The molecule has 0 unspecified atom stereocenters. The third-order valence-corrected chi connectivity index (χ3v) is 8.83. The average molecular weight is 522 g/mol. The SMILES string of the molecule is CCCN(CCC)S(=O)(=O)c1ccc(C(=O)N(Cc2ccccc2)c2nc3ccc(C)cc3s2)cc1. The summed E-state index contributed by atoms with van der Waals surface area (Å²) in [6.45, 7) is 7.26. The van der Waals surface area contributed by atoms with Crippen LogP contribution in [0.25, 0.3) is 10.2 Å². The van der Waals surface area contributed by atoms with Crippen LogP contribution in [0.1, 0.15) is 48.2 Å². The van der Waals surface area contributed by atoms with E-state index in [4.69, 9.17) is 4.98 Å². The summed E-state index contributed by atoms with van der Waals surface area (Å²) >= 11 is 1.48. The quantitative estimate of drug-likeness (QED) is 0.247. The van der Waals surface area contributed by atoms with Crippen molar-refractivity contribution in [3.63, 3.8) is 0 Å². The molecule has 4 rings (SSSR count). The van der Waals surface area contributed by atoms with Gasteiger partial charge in [-0.3, -0.25) is 9.69 Å². The summed E-state index contributed by atoms with van der Waals surface area (Å²) in [4.78, 5) is 20.3. The van der Waals surface area contributed by atoms with Crippen LogP contribution in [-0.4, -0.2) is 36.7 Å². The number of fused-ring (bicyclic) bond motifs is 1. The third-order valence-electron chi connectivity index (χ3n) is 5.88. The first-order chi connectivity index (χ1) is 17.3. The van der Waals surface area contributed by atoms with Gasteiger partial charge in [-0.1, -0.05) is 61.6 Å². The maximum atomic E-state index is 13.7. The van der Waals surface area contributed by atoms with Gasteiger partial charge in [0, 0.05) is 18.7 Å². The molecule has 6 nitrogen and oxygen atoms in total. The molecule has 1 heterocycles. The zero-order valence-corrected chi connectivity index (χ0v) is 22.5.